The van der Waals surface area contributed by atoms with Crippen molar-refractivity contribution in [3.8, 4) is 0 Å². The number of hydrogen-bond donors (Lipinski definition) is 2. The first-order valence-electron chi connectivity index (χ1n) is 7.86. The standard InChI is InChI=1S/C17H23FN2O/c1-10(15-7-11-2-3-12(15)6-11)20-9-14-5-4-13(17(19)21)8-16(14)18/h4-5,8,10-12,15,20H,2-3,6-7,9H2,1H3,(H2,19,21). The summed E-state index contributed by atoms with van der Waals surface area (Å²) in [5, 5.41) is 3.46. The third kappa shape index (κ3) is 2.95. The number of nitrogens with two attached hydrogens (primary N) is 1. The maximum atomic E-state index is 13.9. The summed E-state index contributed by atoms with van der Waals surface area (Å²) in [4.78, 5) is 11.0. The van der Waals surface area contributed by atoms with Crippen molar-refractivity contribution >= 4 is 5.91 Å². The molecule has 2 aliphatic rings. The molecule has 3 N–H and O–H groups in total. The molecule has 1 aromatic rings. The molecule has 4 heteroatoms. The Kier molecular flexibility index (Phi) is 3.98. The van der Waals surface area contributed by atoms with E-state index in [4.69, 9.17) is 5.73 Å². The van der Waals surface area contributed by atoms with Crippen LogP contribution in [-0.4, -0.2) is 11.9 Å². The first-order chi connectivity index (χ1) is 10.0. The molecule has 2 saturated carbocycles. The second-order valence-electron chi connectivity index (χ2n) is 6.68. The Hall–Kier alpha value is -1.42. The zero-order valence-corrected chi connectivity index (χ0v) is 12.4. The zero-order valence-electron chi connectivity index (χ0n) is 12.4. The van der Waals surface area contributed by atoms with Crippen molar-refractivity contribution in [3.05, 3.63) is 35.1 Å². The van der Waals surface area contributed by atoms with Gasteiger partial charge in [0.05, 0.1) is 0 Å². The molecule has 0 heterocycles. The summed E-state index contributed by atoms with van der Waals surface area (Å²) in [5.41, 5.74) is 5.96. The smallest absolute Gasteiger partial charge is 0.248 e. The molecule has 114 valence electrons. The van der Waals surface area contributed by atoms with E-state index in [9.17, 15) is 9.18 Å². The molecule has 4 atom stereocenters. The highest BCUT2D eigenvalue weighted by atomic mass is 19.1. The van der Waals surface area contributed by atoms with Crippen LogP contribution in [0.25, 0.3) is 0 Å². The van der Waals surface area contributed by atoms with Crippen molar-refractivity contribution < 1.29 is 9.18 Å². The summed E-state index contributed by atoms with van der Waals surface area (Å²) in [5.74, 6) is 1.56. The number of carbonyl (C=O) groups is 1. The topological polar surface area (TPSA) is 55.1 Å². The lowest BCUT2D eigenvalue weighted by molar-refractivity contribution is 0.1000. The summed E-state index contributed by atoms with van der Waals surface area (Å²) in [7, 11) is 0. The summed E-state index contributed by atoms with van der Waals surface area (Å²) in [6, 6.07) is 4.87. The maximum Gasteiger partial charge on any atom is 0.248 e. The number of amides is 1. The second-order valence-corrected chi connectivity index (χ2v) is 6.68. The van der Waals surface area contributed by atoms with Gasteiger partial charge >= 0.3 is 0 Å². The van der Waals surface area contributed by atoms with E-state index in [-0.39, 0.29) is 11.4 Å². The Morgan fingerprint density at radius 1 is 1.43 bits per heavy atom. The first kappa shape index (κ1) is 14.5. The average molecular weight is 290 g/mol. The highest BCUT2D eigenvalue weighted by Gasteiger charge is 2.41. The molecule has 2 fully saturated rings. The molecule has 21 heavy (non-hydrogen) atoms. The van der Waals surface area contributed by atoms with Crippen molar-refractivity contribution in [1.82, 2.24) is 5.32 Å². The van der Waals surface area contributed by atoms with Crippen LogP contribution in [0.5, 0.6) is 0 Å². The predicted octanol–water partition coefficient (Wildman–Crippen LogP) is 2.84. The van der Waals surface area contributed by atoms with Gasteiger partial charge in [0, 0.05) is 23.7 Å². The number of nitrogens with one attached hydrogen (secondary N) is 1. The van der Waals surface area contributed by atoms with Gasteiger partial charge in [-0.15, -0.1) is 0 Å². The van der Waals surface area contributed by atoms with Crippen molar-refractivity contribution in [1.29, 1.82) is 0 Å². The quantitative estimate of drug-likeness (QED) is 0.876. The highest BCUT2D eigenvalue weighted by Crippen LogP contribution is 2.49. The normalized spacial score (nSPS) is 28.8. The summed E-state index contributed by atoms with van der Waals surface area (Å²) < 4.78 is 13.9. The molecule has 1 aromatic carbocycles. The molecule has 0 spiro atoms. The summed E-state index contributed by atoms with van der Waals surface area (Å²) >= 11 is 0. The highest BCUT2D eigenvalue weighted by molar-refractivity contribution is 5.92. The van der Waals surface area contributed by atoms with Gasteiger partial charge in [-0.3, -0.25) is 4.79 Å². The molecular weight excluding hydrogens is 267 g/mol. The first-order valence-corrected chi connectivity index (χ1v) is 7.86. The van der Waals surface area contributed by atoms with E-state index in [2.05, 4.69) is 12.2 Å². The number of benzene rings is 1. The van der Waals surface area contributed by atoms with E-state index in [1.54, 1.807) is 12.1 Å². The molecule has 1 amide bonds. The number of rotatable bonds is 5. The van der Waals surface area contributed by atoms with E-state index >= 15 is 0 Å². The molecule has 2 aliphatic carbocycles. The molecule has 3 nitrogen and oxygen atoms in total. The van der Waals surface area contributed by atoms with Gasteiger partial charge in [0.2, 0.25) is 5.91 Å². The predicted molar refractivity (Wildman–Crippen MR) is 80.2 cm³/mol. The van der Waals surface area contributed by atoms with E-state index in [0.29, 0.717) is 18.2 Å². The molecule has 2 bridgehead atoms. The van der Waals surface area contributed by atoms with E-state index in [1.165, 1.54) is 31.7 Å². The van der Waals surface area contributed by atoms with Gasteiger partial charge in [0.25, 0.3) is 0 Å². The van der Waals surface area contributed by atoms with Crippen LogP contribution in [0.2, 0.25) is 0 Å². The largest absolute Gasteiger partial charge is 0.366 e. The summed E-state index contributed by atoms with van der Waals surface area (Å²) in [6.45, 7) is 2.71. The SMILES string of the molecule is CC(NCc1ccc(C(N)=O)cc1F)C1CC2CCC1C2. The van der Waals surface area contributed by atoms with Crippen LogP contribution in [-0.2, 0) is 6.54 Å². The lowest BCUT2D eigenvalue weighted by Gasteiger charge is -2.28. The Morgan fingerprint density at radius 2 is 2.24 bits per heavy atom. The van der Waals surface area contributed by atoms with Crippen molar-refractivity contribution in [2.45, 2.75) is 45.2 Å². The van der Waals surface area contributed by atoms with Crippen molar-refractivity contribution in [2.75, 3.05) is 0 Å². The zero-order chi connectivity index (χ0) is 15.0. The van der Waals surface area contributed by atoms with Gasteiger partial charge in [0.1, 0.15) is 5.82 Å². The lowest BCUT2D eigenvalue weighted by Crippen LogP contribution is -2.36. The Bertz CT molecular complexity index is 546. The van der Waals surface area contributed by atoms with Crippen LogP contribution >= 0.6 is 0 Å². The fourth-order valence-electron chi connectivity index (χ4n) is 4.17. The van der Waals surface area contributed by atoms with E-state index in [1.807, 2.05) is 0 Å². The minimum Gasteiger partial charge on any atom is -0.366 e. The number of primary amides is 1. The second kappa shape index (κ2) is 5.76. The van der Waals surface area contributed by atoms with Gasteiger partial charge < -0.3 is 11.1 Å². The summed E-state index contributed by atoms with van der Waals surface area (Å²) in [6.07, 6.45) is 5.47. The van der Waals surface area contributed by atoms with Crippen molar-refractivity contribution in [2.24, 2.45) is 23.5 Å². The molecular formula is C17H23FN2O. The Morgan fingerprint density at radius 3 is 2.81 bits per heavy atom. The van der Waals surface area contributed by atoms with Crippen LogP contribution in [0.3, 0.4) is 0 Å². The number of halogens is 1. The lowest BCUT2D eigenvalue weighted by atomic mass is 9.84. The average Bonchev–Trinajstić information content (AvgIpc) is 3.08. The van der Waals surface area contributed by atoms with E-state index < -0.39 is 5.91 Å². The van der Waals surface area contributed by atoms with Crippen molar-refractivity contribution in [3.63, 3.8) is 0 Å². The monoisotopic (exact) mass is 290 g/mol. The Labute approximate surface area is 125 Å². The number of fused-ring (bicyclic) bond motifs is 2. The van der Waals surface area contributed by atoms with Gasteiger partial charge in [0.15, 0.2) is 0 Å². The fraction of sp³-hybridized carbons (Fsp3) is 0.588. The third-order valence-corrected chi connectivity index (χ3v) is 5.39. The minimum absolute atomic E-state index is 0.220. The molecule has 0 radical (unpaired) electrons. The third-order valence-electron chi connectivity index (χ3n) is 5.39. The number of hydrogen-bond acceptors (Lipinski definition) is 2. The molecule has 0 aromatic heterocycles. The fourth-order valence-corrected chi connectivity index (χ4v) is 4.17. The maximum absolute atomic E-state index is 13.9. The molecule has 3 rings (SSSR count). The van der Waals surface area contributed by atoms with Crippen LogP contribution < -0.4 is 11.1 Å². The van der Waals surface area contributed by atoms with Crippen LogP contribution in [0, 0.1) is 23.6 Å². The van der Waals surface area contributed by atoms with E-state index in [0.717, 1.165) is 17.8 Å². The van der Waals surface area contributed by atoms with Crippen LogP contribution in [0.15, 0.2) is 18.2 Å². The Balaban J connectivity index is 1.58. The van der Waals surface area contributed by atoms with Gasteiger partial charge in [-0.2, -0.15) is 0 Å². The van der Waals surface area contributed by atoms with Gasteiger partial charge in [-0.25, -0.2) is 4.39 Å². The van der Waals surface area contributed by atoms with Gasteiger partial charge in [-0.05, 0) is 56.1 Å². The molecule has 4 unspecified atom stereocenters. The molecule has 0 saturated heterocycles. The number of carbonyl (C=O) groups excluding carboxylic acids is 1. The van der Waals surface area contributed by atoms with Gasteiger partial charge in [-0.1, -0.05) is 12.5 Å². The minimum atomic E-state index is -0.594. The molecule has 0 aliphatic heterocycles. The van der Waals surface area contributed by atoms with Crippen LogP contribution in [0.1, 0.15) is 48.5 Å². The van der Waals surface area contributed by atoms with Crippen LogP contribution in [0.4, 0.5) is 4.39 Å².